The summed E-state index contributed by atoms with van der Waals surface area (Å²) in [5.41, 5.74) is 2.75. The highest BCUT2D eigenvalue weighted by molar-refractivity contribution is 9.10. The number of halogens is 2. The monoisotopic (exact) mass is 754 g/mol. The Bertz CT molecular complexity index is 2040. The number of thiazole rings is 1. The van der Waals surface area contributed by atoms with Crippen LogP contribution in [0, 0.1) is 0 Å². The number of hydrogen-bond donors (Lipinski definition) is 0. The Balaban J connectivity index is 1.60. The molecule has 0 fully saturated rings. The van der Waals surface area contributed by atoms with Crippen LogP contribution >= 0.6 is 38.9 Å². The third-order valence-electron chi connectivity index (χ3n) is 7.31. The fourth-order valence-electron chi connectivity index (χ4n) is 5.27. The number of fused-ring (bicyclic) bond motifs is 1. The largest absolute Gasteiger partial charge is 0.493 e. The van der Waals surface area contributed by atoms with Crippen LogP contribution in [0.15, 0.2) is 80.1 Å². The molecule has 0 amide bonds. The van der Waals surface area contributed by atoms with Crippen molar-refractivity contribution in [2.24, 2.45) is 4.99 Å². The molecular weight excluding hydrogens is 720 g/mol. The van der Waals surface area contributed by atoms with Crippen LogP contribution in [0.2, 0.25) is 5.02 Å². The molecule has 5 rings (SSSR count). The van der Waals surface area contributed by atoms with Crippen molar-refractivity contribution in [3.63, 3.8) is 0 Å². The van der Waals surface area contributed by atoms with Crippen molar-refractivity contribution in [1.29, 1.82) is 0 Å². The highest BCUT2D eigenvalue weighted by atomic mass is 79.9. The van der Waals surface area contributed by atoms with Crippen LogP contribution in [-0.2, 0) is 16.1 Å². The maximum absolute atomic E-state index is 14.2. The second kappa shape index (κ2) is 15.4. The lowest BCUT2D eigenvalue weighted by Crippen LogP contribution is -2.40. The smallest absolute Gasteiger partial charge is 0.338 e. The lowest BCUT2D eigenvalue weighted by molar-refractivity contribution is -0.139. The maximum atomic E-state index is 14.2. The number of carbonyl (C=O) groups is 1. The molecule has 1 aliphatic rings. The van der Waals surface area contributed by atoms with Gasteiger partial charge < -0.3 is 23.7 Å². The van der Waals surface area contributed by atoms with Gasteiger partial charge in [0.15, 0.2) is 27.8 Å². The quantitative estimate of drug-likeness (QED) is 0.144. The minimum atomic E-state index is -0.807. The summed E-state index contributed by atoms with van der Waals surface area (Å²) in [4.78, 5) is 32.7. The Kier molecular flexibility index (Phi) is 11.3. The summed E-state index contributed by atoms with van der Waals surface area (Å²) in [5, 5.41) is 0.650. The zero-order valence-electron chi connectivity index (χ0n) is 27.5. The van der Waals surface area contributed by atoms with Crippen LogP contribution in [0.3, 0.4) is 0 Å². The van der Waals surface area contributed by atoms with Crippen LogP contribution in [0.5, 0.6) is 23.0 Å². The Hall–Kier alpha value is -4.06. The number of rotatable bonds is 12. The number of esters is 1. The van der Waals surface area contributed by atoms with Crippen LogP contribution in [0.1, 0.15) is 57.4 Å². The van der Waals surface area contributed by atoms with Gasteiger partial charge in [-0.05, 0) is 110 Å². The SMILES string of the molecule is CCOC(=O)C1=C(C)N=c2s/c(=C/c3cc(Br)c(OCc4ccc(Cl)cc4)c(OCC)c3)c(=O)n2[C@H]1c1ccc(OC(C)C)c(OC)c1. The van der Waals surface area contributed by atoms with Gasteiger partial charge in [0.1, 0.15) is 6.61 Å². The molecule has 3 aromatic carbocycles. The Morgan fingerprint density at radius 2 is 1.79 bits per heavy atom. The van der Waals surface area contributed by atoms with E-state index in [-0.39, 0.29) is 23.8 Å². The van der Waals surface area contributed by atoms with Crippen molar-refractivity contribution in [3.8, 4) is 23.0 Å². The predicted molar refractivity (Wildman–Crippen MR) is 190 cm³/mol. The number of nitrogens with zero attached hydrogens (tertiary/aromatic N) is 2. The summed E-state index contributed by atoms with van der Waals surface area (Å²) in [7, 11) is 1.55. The Morgan fingerprint density at radius 3 is 2.46 bits per heavy atom. The van der Waals surface area contributed by atoms with Gasteiger partial charge in [0.2, 0.25) is 0 Å². The van der Waals surface area contributed by atoms with Crippen molar-refractivity contribution in [3.05, 3.63) is 112 Å². The lowest BCUT2D eigenvalue weighted by Gasteiger charge is -2.25. The molecule has 1 atom stereocenters. The summed E-state index contributed by atoms with van der Waals surface area (Å²) < 4.78 is 31.7. The number of aromatic nitrogens is 1. The fraction of sp³-hybridized carbons (Fsp3) is 0.306. The summed E-state index contributed by atoms with van der Waals surface area (Å²) in [6.07, 6.45) is 1.70. The van der Waals surface area contributed by atoms with E-state index in [0.29, 0.717) is 71.9 Å². The van der Waals surface area contributed by atoms with E-state index in [1.807, 2.05) is 63.2 Å². The van der Waals surface area contributed by atoms with Crippen LogP contribution in [0.25, 0.3) is 6.08 Å². The molecular formula is C36H36BrClN2O7S. The molecule has 0 unspecified atom stereocenters. The van der Waals surface area contributed by atoms with Gasteiger partial charge in [0, 0.05) is 5.02 Å². The molecule has 0 radical (unpaired) electrons. The van der Waals surface area contributed by atoms with Crippen LogP contribution in [0.4, 0.5) is 0 Å². The van der Waals surface area contributed by atoms with Gasteiger partial charge in [0.25, 0.3) is 5.56 Å². The zero-order chi connectivity index (χ0) is 34.5. The third-order valence-corrected chi connectivity index (χ3v) is 9.13. The van der Waals surface area contributed by atoms with E-state index in [1.165, 1.54) is 15.9 Å². The van der Waals surface area contributed by atoms with Gasteiger partial charge in [-0.2, -0.15) is 0 Å². The van der Waals surface area contributed by atoms with E-state index in [0.717, 1.165) is 5.56 Å². The first-order chi connectivity index (χ1) is 23.0. The molecule has 1 aliphatic heterocycles. The molecule has 0 spiro atoms. The minimum absolute atomic E-state index is 0.0768. The highest BCUT2D eigenvalue weighted by Crippen LogP contribution is 2.39. The standard InChI is InChI=1S/C36H36BrClN2O7S/c1-7-44-29-16-23(15-26(37)33(29)46-19-22-9-12-25(38)13-10-22)17-30-34(41)40-32(24-11-14-27(47-20(3)4)28(18-24)43-6)31(35(42)45-8-2)21(5)39-36(40)48-30/h9-18,20,32H,7-8,19H2,1-6H3/b30-17+/t32-/m0/s1. The van der Waals surface area contributed by atoms with E-state index >= 15 is 0 Å². The number of methoxy groups -OCH3 is 1. The third kappa shape index (κ3) is 7.64. The fourth-order valence-corrected chi connectivity index (χ4v) is 7.02. The second-order valence-corrected chi connectivity index (χ2v) is 13.4. The van der Waals surface area contributed by atoms with Gasteiger partial charge in [-0.15, -0.1) is 0 Å². The molecule has 0 saturated heterocycles. The number of ether oxygens (including phenoxy) is 5. The summed E-state index contributed by atoms with van der Waals surface area (Å²) in [6, 6.07) is 15.7. The molecule has 48 heavy (non-hydrogen) atoms. The van der Waals surface area contributed by atoms with Crippen molar-refractivity contribution < 1.29 is 28.5 Å². The molecule has 9 nitrogen and oxygen atoms in total. The first kappa shape index (κ1) is 35.3. The van der Waals surface area contributed by atoms with Gasteiger partial charge in [-0.3, -0.25) is 9.36 Å². The van der Waals surface area contributed by atoms with Crippen molar-refractivity contribution in [2.75, 3.05) is 20.3 Å². The number of allylic oxidation sites excluding steroid dienone is 1. The lowest BCUT2D eigenvalue weighted by atomic mass is 9.95. The first-order valence-electron chi connectivity index (χ1n) is 15.4. The van der Waals surface area contributed by atoms with Crippen LogP contribution < -0.4 is 33.8 Å². The number of hydrogen-bond acceptors (Lipinski definition) is 9. The molecule has 0 saturated carbocycles. The highest BCUT2D eigenvalue weighted by Gasteiger charge is 2.34. The topological polar surface area (TPSA) is 97.6 Å². The molecule has 252 valence electrons. The van der Waals surface area contributed by atoms with E-state index < -0.39 is 12.0 Å². The zero-order valence-corrected chi connectivity index (χ0v) is 30.6. The molecule has 1 aromatic heterocycles. The molecule has 12 heteroatoms. The summed E-state index contributed by atoms with van der Waals surface area (Å²) in [6.45, 7) is 10.1. The van der Waals surface area contributed by atoms with E-state index in [2.05, 4.69) is 20.9 Å². The van der Waals surface area contributed by atoms with Gasteiger partial charge >= 0.3 is 5.97 Å². The molecule has 0 bridgehead atoms. The Labute approximate surface area is 296 Å². The van der Waals surface area contributed by atoms with E-state index in [1.54, 1.807) is 39.2 Å². The maximum Gasteiger partial charge on any atom is 0.338 e. The number of benzene rings is 3. The summed E-state index contributed by atoms with van der Waals surface area (Å²) >= 11 is 10.9. The summed E-state index contributed by atoms with van der Waals surface area (Å²) in [5.74, 6) is 1.55. The molecule has 0 N–H and O–H groups in total. The van der Waals surface area contributed by atoms with E-state index in [4.69, 9.17) is 35.3 Å². The van der Waals surface area contributed by atoms with Crippen molar-refractivity contribution >= 4 is 50.9 Å². The number of carbonyl (C=O) groups excluding carboxylic acids is 1. The molecule has 2 heterocycles. The van der Waals surface area contributed by atoms with E-state index in [9.17, 15) is 9.59 Å². The second-order valence-electron chi connectivity index (χ2n) is 11.1. The molecule has 4 aromatic rings. The Morgan fingerprint density at radius 1 is 1.04 bits per heavy atom. The van der Waals surface area contributed by atoms with Crippen molar-refractivity contribution in [1.82, 2.24) is 4.57 Å². The van der Waals surface area contributed by atoms with Gasteiger partial charge in [-0.25, -0.2) is 9.79 Å². The van der Waals surface area contributed by atoms with Crippen LogP contribution in [-0.4, -0.2) is 37.0 Å². The van der Waals surface area contributed by atoms with Crippen molar-refractivity contribution in [2.45, 2.75) is 53.4 Å². The normalized spacial score (nSPS) is 14.4. The minimum Gasteiger partial charge on any atom is -0.493 e. The average molecular weight is 756 g/mol. The average Bonchev–Trinajstić information content (AvgIpc) is 3.34. The van der Waals surface area contributed by atoms with Gasteiger partial charge in [-0.1, -0.05) is 41.1 Å². The first-order valence-corrected chi connectivity index (χ1v) is 17.4. The van der Waals surface area contributed by atoms with Gasteiger partial charge in [0.05, 0.1) is 52.7 Å². The predicted octanol–water partition coefficient (Wildman–Crippen LogP) is 6.99. The molecule has 0 aliphatic carbocycles.